The number of carbonyl (C=O) groups excluding carboxylic acids is 6. The molecule has 4 heterocycles. The van der Waals surface area contributed by atoms with Crippen molar-refractivity contribution in [1.29, 1.82) is 0 Å². The molecule has 535 valence electrons. The Morgan fingerprint density at radius 1 is 0.495 bits per heavy atom. The molecule has 3 N–H and O–H groups in total. The normalized spacial score (nSPS) is 13.7. The molecule has 0 aliphatic carbocycles. The fourth-order valence-electron chi connectivity index (χ4n) is 11.8. The summed E-state index contributed by atoms with van der Waals surface area (Å²) in [5.41, 5.74) is 16.9. The molecule has 2 fully saturated rings. The van der Waals surface area contributed by atoms with Crippen molar-refractivity contribution < 1.29 is 99.8 Å². The Morgan fingerprint density at radius 3 is 1.31 bits per heavy atom. The summed E-state index contributed by atoms with van der Waals surface area (Å²) in [7, 11) is 4.32. The average Bonchev–Trinajstić information content (AvgIpc) is 1.67. The first-order chi connectivity index (χ1) is 49.0. The minimum atomic E-state index is -0.824. The van der Waals surface area contributed by atoms with E-state index in [0.717, 1.165) is 150 Å². The van der Waals surface area contributed by atoms with Gasteiger partial charge >= 0.3 is 41.5 Å². The third kappa shape index (κ3) is 23.7. The zero-order valence-electron chi connectivity index (χ0n) is 59.3. The molecule has 0 atom stereocenters. The maximum absolute atomic E-state index is 14.1. The van der Waals surface area contributed by atoms with Gasteiger partial charge in [0.15, 0.2) is 6.29 Å². The molecule has 3 radical (unpaired) electrons. The van der Waals surface area contributed by atoms with E-state index in [2.05, 4.69) is 104 Å². The van der Waals surface area contributed by atoms with Crippen LogP contribution in [0.2, 0.25) is 0 Å². The Morgan fingerprint density at radius 2 is 0.903 bits per heavy atom. The standard InChI is InChI=1S/C36H38F2N4O2.C29H34N4O2.C7H4F2O.C4H6O4.C2H3BO2.Na/c1-25(2)44-35-12-4-3-11-33(35)41-19-17-40(18-20-41)24-26-7-5-8-28(21-26)36(43)42-16-15-27-13-14-29(22-34(27)42)39-23-30-31(37)9-6-10-32(30)38;1-21(2)35-28-9-4-3-8-26(28)32-16-14-31(15-17-32)20-22-6-5-7-24(18-22)29(34)33-13-12-23-10-11-25(30)19-27(23)33;8-6-2-1-3-7(9)5(6)4-10;1-3(5)7-8-4(2)6;1-2(4)5-3;/h3-14,21-22,25,39H,15-20,23-24H2,1-2H3;3-11,18-19,21H,12-17,20,30H2,1-2H3;1-4H;1-2H3;1H3;/q;;;;-1;+1. The van der Waals surface area contributed by atoms with Gasteiger partial charge in [-0.3, -0.25) is 29.0 Å². The summed E-state index contributed by atoms with van der Waals surface area (Å²) >= 11 is 0. The largest absolute Gasteiger partial charge is 1.00 e. The predicted molar refractivity (Wildman–Crippen MR) is 387 cm³/mol. The number of hydrogen-bond acceptors (Lipinski definition) is 17. The molecule has 19 nitrogen and oxygen atoms in total. The van der Waals surface area contributed by atoms with Crippen molar-refractivity contribution >= 4 is 78.2 Å². The molecule has 0 unspecified atom stereocenters. The first-order valence-electron chi connectivity index (χ1n) is 33.6. The van der Waals surface area contributed by atoms with Crippen LogP contribution in [-0.2, 0) is 61.3 Å². The maximum Gasteiger partial charge on any atom is 1.00 e. The number of nitrogens with zero attached hydrogens (tertiary/aromatic N) is 6. The van der Waals surface area contributed by atoms with Crippen LogP contribution in [0.5, 0.6) is 11.5 Å². The van der Waals surface area contributed by atoms with Crippen LogP contribution in [0.15, 0.2) is 170 Å². The SMILES string of the molecule is CC(=O)OOC(C)=O.CC(C)Oc1ccccc1N1CCN(Cc2cccc(C(=O)N3CCc4ccc(N)cc43)c2)CC1.CC(C)Oc1ccccc1N1CCN(Cc2cccc(C(=O)N3CCc4ccc(NCc5c(F)cccc5F)cc43)c2)CC1.O=Cc1c(F)cccc1F.[B-]OC(C)=O.[Na+]. The Balaban J connectivity index is 0.000000222. The number of anilines is 6. The van der Waals surface area contributed by atoms with Gasteiger partial charge < -0.3 is 52.8 Å². The number of halogens is 4. The summed E-state index contributed by atoms with van der Waals surface area (Å²) in [6.45, 7) is 22.1. The average molecular weight is 1420 g/mol. The second kappa shape index (κ2) is 39.6. The summed E-state index contributed by atoms with van der Waals surface area (Å²) in [6.07, 6.45) is 2.07. The van der Waals surface area contributed by atoms with Crippen LogP contribution < -0.4 is 69.7 Å². The topological polar surface area (TPSA) is 206 Å². The molecule has 4 aliphatic rings. The molecule has 0 bridgehead atoms. The molecule has 8 aromatic carbocycles. The van der Waals surface area contributed by atoms with Gasteiger partial charge in [-0.25, -0.2) is 36.9 Å². The molecule has 8 aromatic rings. The number of nitrogens with one attached hydrogen (secondary N) is 1. The van der Waals surface area contributed by atoms with E-state index in [4.69, 9.17) is 15.2 Å². The van der Waals surface area contributed by atoms with Crippen LogP contribution in [0, 0.1) is 23.3 Å². The van der Waals surface area contributed by atoms with Gasteiger partial charge in [0, 0.05) is 145 Å². The summed E-state index contributed by atoms with van der Waals surface area (Å²) in [4.78, 5) is 87.1. The Hall–Kier alpha value is -9.72. The Labute approximate surface area is 622 Å². The fraction of sp³-hybridized carbons (Fsp3) is 0.308. The number of ether oxygens (including phenoxy) is 2. The third-order valence-corrected chi connectivity index (χ3v) is 16.6. The van der Waals surface area contributed by atoms with Gasteiger partial charge in [0.2, 0.25) is 5.97 Å². The summed E-state index contributed by atoms with van der Waals surface area (Å²) < 4.78 is 68.7. The van der Waals surface area contributed by atoms with Crippen molar-refractivity contribution in [3.8, 4) is 11.5 Å². The molecule has 4 aliphatic heterocycles. The number of piperazine rings is 2. The molecule has 2 saturated heterocycles. The second-order valence-electron chi connectivity index (χ2n) is 24.9. The van der Waals surface area contributed by atoms with Crippen molar-refractivity contribution in [2.24, 2.45) is 0 Å². The number of amides is 2. The van der Waals surface area contributed by atoms with Crippen LogP contribution in [0.3, 0.4) is 0 Å². The van der Waals surface area contributed by atoms with E-state index in [0.29, 0.717) is 30.0 Å². The number of carbonyl (C=O) groups is 6. The predicted octanol–water partition coefficient (Wildman–Crippen LogP) is 9.91. The summed E-state index contributed by atoms with van der Waals surface area (Å²) in [5.74, 6) is -2.69. The number of para-hydroxylation sites is 4. The number of fused-ring (bicyclic) bond motifs is 2. The van der Waals surface area contributed by atoms with Crippen LogP contribution in [0.25, 0.3) is 0 Å². The minimum absolute atomic E-state index is 0. The number of hydrogen-bond donors (Lipinski definition) is 2. The van der Waals surface area contributed by atoms with Crippen molar-refractivity contribution in [1.82, 2.24) is 9.80 Å². The maximum atomic E-state index is 14.1. The van der Waals surface area contributed by atoms with Crippen molar-refractivity contribution in [2.75, 3.05) is 96.1 Å². The molecule has 2 amide bonds. The van der Waals surface area contributed by atoms with Crippen LogP contribution in [0.4, 0.5) is 51.7 Å². The van der Waals surface area contributed by atoms with Gasteiger partial charge in [0.1, 0.15) is 34.8 Å². The van der Waals surface area contributed by atoms with Crippen LogP contribution in [0.1, 0.15) is 107 Å². The van der Waals surface area contributed by atoms with E-state index in [-0.39, 0.29) is 72.0 Å². The summed E-state index contributed by atoms with van der Waals surface area (Å²) in [6, 6.07) is 51.3. The second-order valence-corrected chi connectivity index (χ2v) is 24.9. The smallest absolute Gasteiger partial charge is 0.793 e. The quantitative estimate of drug-likeness (QED) is 0.0230. The van der Waals surface area contributed by atoms with E-state index in [1.807, 2.05) is 110 Å². The monoisotopic (exact) mass is 1420 g/mol. The molecule has 25 heteroatoms. The van der Waals surface area contributed by atoms with Gasteiger partial charge in [-0.05, 0) is 160 Å². The van der Waals surface area contributed by atoms with Gasteiger partial charge in [-0.1, -0.05) is 72.8 Å². The fourth-order valence-corrected chi connectivity index (χ4v) is 11.8. The molecule has 0 aromatic heterocycles. The number of aldehydes is 1. The number of benzene rings is 8. The zero-order valence-corrected chi connectivity index (χ0v) is 61.3. The summed E-state index contributed by atoms with van der Waals surface area (Å²) in [5, 5.41) is 3.12. The minimum Gasteiger partial charge on any atom is -0.793 e. The van der Waals surface area contributed by atoms with E-state index < -0.39 is 46.7 Å². The number of rotatable bonds is 16. The molecular weight excluding hydrogens is 1330 g/mol. The van der Waals surface area contributed by atoms with Crippen molar-refractivity contribution in [3.05, 3.63) is 238 Å². The number of nitrogen functional groups attached to an aromatic ring is 1. The van der Waals surface area contributed by atoms with E-state index in [9.17, 15) is 46.3 Å². The van der Waals surface area contributed by atoms with Crippen molar-refractivity contribution in [3.63, 3.8) is 0 Å². The molecule has 12 rings (SSSR count). The molecular formula is C78H85BF4N8NaO11. The van der Waals surface area contributed by atoms with Gasteiger partial charge in [0.25, 0.3) is 11.8 Å². The Bertz CT molecular complexity index is 4140. The number of nitrogens with two attached hydrogens (primary N) is 1. The molecule has 0 spiro atoms. The van der Waals surface area contributed by atoms with Gasteiger partial charge in [-0.2, -0.15) is 0 Å². The van der Waals surface area contributed by atoms with E-state index in [1.165, 1.54) is 48.0 Å². The molecule has 0 saturated carbocycles. The van der Waals surface area contributed by atoms with E-state index in [1.54, 1.807) is 4.90 Å². The van der Waals surface area contributed by atoms with Crippen LogP contribution in [-0.4, -0.2) is 132 Å². The van der Waals surface area contributed by atoms with Gasteiger partial charge in [-0.15, -0.1) is 0 Å². The van der Waals surface area contributed by atoms with Crippen LogP contribution >= 0.6 is 0 Å². The van der Waals surface area contributed by atoms with Crippen molar-refractivity contribution in [2.45, 2.75) is 93.2 Å². The van der Waals surface area contributed by atoms with E-state index >= 15 is 0 Å². The Kier molecular flexibility index (Phi) is 31.0. The zero-order chi connectivity index (χ0) is 73.4. The third-order valence-electron chi connectivity index (χ3n) is 16.6. The first-order valence-corrected chi connectivity index (χ1v) is 33.6. The first kappa shape index (κ1) is 80.6. The molecule has 103 heavy (non-hydrogen) atoms. The van der Waals surface area contributed by atoms with Gasteiger partial charge in [0.05, 0.1) is 29.1 Å².